The molecule has 0 aliphatic heterocycles. The predicted octanol–water partition coefficient (Wildman–Crippen LogP) is 0.864. The van der Waals surface area contributed by atoms with Crippen LogP contribution in [-0.4, -0.2) is 24.0 Å². The number of nitrogens with one attached hydrogen (secondary N) is 1. The second kappa shape index (κ2) is 5.83. The minimum atomic E-state index is -0.415. The van der Waals surface area contributed by atoms with Gasteiger partial charge < -0.3 is 15.8 Å². The lowest BCUT2D eigenvalue weighted by atomic mass is 10.3. The molecule has 0 spiro atoms. The van der Waals surface area contributed by atoms with Crippen molar-refractivity contribution in [2.45, 2.75) is 19.8 Å². The number of hydrogen-bond acceptors (Lipinski definition) is 5. The van der Waals surface area contributed by atoms with Gasteiger partial charge in [-0.2, -0.15) is 0 Å². The van der Waals surface area contributed by atoms with Crippen molar-refractivity contribution >= 4 is 23.4 Å². The van der Waals surface area contributed by atoms with E-state index in [-0.39, 0.29) is 18.7 Å². The van der Waals surface area contributed by atoms with Crippen LogP contribution >= 0.6 is 0 Å². The summed E-state index contributed by atoms with van der Waals surface area (Å²) in [6.07, 6.45) is 0.119. The Morgan fingerprint density at radius 1 is 1.41 bits per heavy atom. The molecule has 6 heteroatoms. The van der Waals surface area contributed by atoms with Crippen LogP contribution < -0.4 is 11.1 Å². The first-order valence-corrected chi connectivity index (χ1v) is 5.12. The molecule has 1 aromatic heterocycles. The van der Waals surface area contributed by atoms with E-state index in [2.05, 4.69) is 15.0 Å². The van der Waals surface area contributed by atoms with Gasteiger partial charge in [0.2, 0.25) is 5.91 Å². The van der Waals surface area contributed by atoms with Crippen molar-refractivity contribution in [3.63, 3.8) is 0 Å². The predicted molar refractivity (Wildman–Crippen MR) is 63.3 cm³/mol. The molecule has 0 aliphatic rings. The zero-order valence-electron chi connectivity index (χ0n) is 9.82. The number of amides is 1. The average molecular weight is 237 g/mol. The molecule has 1 amide bonds. The SMILES string of the molecule is COC(=O)CCC(=O)Nc1ccc(N)c(C)n1. The van der Waals surface area contributed by atoms with Gasteiger partial charge in [0.15, 0.2) is 0 Å². The zero-order chi connectivity index (χ0) is 12.8. The number of ether oxygens (including phenoxy) is 1. The first-order valence-electron chi connectivity index (χ1n) is 5.12. The van der Waals surface area contributed by atoms with E-state index >= 15 is 0 Å². The van der Waals surface area contributed by atoms with Crippen LogP contribution in [0.1, 0.15) is 18.5 Å². The molecule has 0 aliphatic carbocycles. The second-order valence-electron chi connectivity index (χ2n) is 3.50. The molecule has 3 N–H and O–H groups in total. The summed E-state index contributed by atoms with van der Waals surface area (Å²) in [6, 6.07) is 3.27. The molecule has 1 rings (SSSR count). The Kier molecular flexibility index (Phi) is 4.45. The van der Waals surface area contributed by atoms with E-state index in [4.69, 9.17) is 5.73 Å². The maximum atomic E-state index is 11.4. The fourth-order valence-electron chi connectivity index (χ4n) is 1.16. The highest BCUT2D eigenvalue weighted by Gasteiger charge is 2.08. The Morgan fingerprint density at radius 2 is 2.12 bits per heavy atom. The van der Waals surface area contributed by atoms with Gasteiger partial charge in [0, 0.05) is 6.42 Å². The van der Waals surface area contributed by atoms with Gasteiger partial charge in [-0.05, 0) is 19.1 Å². The number of aryl methyl sites for hydroxylation is 1. The molecule has 0 saturated heterocycles. The monoisotopic (exact) mass is 237 g/mol. The summed E-state index contributed by atoms with van der Waals surface area (Å²) in [7, 11) is 1.28. The van der Waals surface area contributed by atoms with Crippen molar-refractivity contribution in [2.24, 2.45) is 0 Å². The quantitative estimate of drug-likeness (QED) is 0.757. The van der Waals surface area contributed by atoms with Gasteiger partial charge >= 0.3 is 5.97 Å². The highest BCUT2D eigenvalue weighted by molar-refractivity contribution is 5.91. The highest BCUT2D eigenvalue weighted by atomic mass is 16.5. The number of hydrogen-bond donors (Lipinski definition) is 2. The summed E-state index contributed by atoms with van der Waals surface area (Å²) < 4.78 is 4.43. The molecule has 1 heterocycles. The van der Waals surface area contributed by atoms with E-state index in [1.165, 1.54) is 7.11 Å². The summed E-state index contributed by atoms with van der Waals surface area (Å²) >= 11 is 0. The van der Waals surface area contributed by atoms with Crippen molar-refractivity contribution in [1.82, 2.24) is 4.98 Å². The van der Waals surface area contributed by atoms with Gasteiger partial charge in [0.25, 0.3) is 0 Å². The number of rotatable bonds is 4. The molecule has 92 valence electrons. The Morgan fingerprint density at radius 3 is 2.71 bits per heavy atom. The number of nitrogens with zero attached hydrogens (tertiary/aromatic N) is 1. The number of carbonyl (C=O) groups excluding carboxylic acids is 2. The lowest BCUT2D eigenvalue weighted by Crippen LogP contribution is -2.15. The minimum Gasteiger partial charge on any atom is -0.469 e. The number of nitrogens with two attached hydrogens (primary N) is 1. The van der Waals surface area contributed by atoms with Crippen molar-refractivity contribution in [3.8, 4) is 0 Å². The van der Waals surface area contributed by atoms with Crippen LogP contribution in [0.5, 0.6) is 0 Å². The molecule has 0 fully saturated rings. The molecular formula is C11H15N3O3. The number of carbonyl (C=O) groups is 2. The third-order valence-electron chi connectivity index (χ3n) is 2.18. The third-order valence-corrected chi connectivity index (χ3v) is 2.18. The Hall–Kier alpha value is -2.11. The Labute approximate surface area is 99.2 Å². The first kappa shape index (κ1) is 13.0. The van der Waals surface area contributed by atoms with Gasteiger partial charge in [-0.1, -0.05) is 0 Å². The normalized spacial score (nSPS) is 9.76. The number of aromatic nitrogens is 1. The zero-order valence-corrected chi connectivity index (χ0v) is 9.82. The van der Waals surface area contributed by atoms with Crippen LogP contribution in [0, 0.1) is 6.92 Å². The van der Waals surface area contributed by atoms with Crippen molar-refractivity contribution < 1.29 is 14.3 Å². The average Bonchev–Trinajstić information content (AvgIpc) is 2.31. The van der Waals surface area contributed by atoms with Crippen LogP contribution in [0.2, 0.25) is 0 Å². The highest BCUT2D eigenvalue weighted by Crippen LogP contribution is 2.12. The maximum Gasteiger partial charge on any atom is 0.306 e. The fraction of sp³-hybridized carbons (Fsp3) is 0.364. The standard InChI is InChI=1S/C11H15N3O3/c1-7-8(12)3-4-9(13-7)14-10(15)5-6-11(16)17-2/h3-4H,5-6,12H2,1-2H3,(H,13,14,15). The number of methoxy groups -OCH3 is 1. The molecule has 6 nitrogen and oxygen atoms in total. The molecule has 0 atom stereocenters. The second-order valence-corrected chi connectivity index (χ2v) is 3.50. The molecule has 0 saturated carbocycles. The van der Waals surface area contributed by atoms with Crippen LogP contribution in [0.3, 0.4) is 0 Å². The van der Waals surface area contributed by atoms with Crippen molar-refractivity contribution in [1.29, 1.82) is 0 Å². The Bertz CT molecular complexity index is 432. The largest absolute Gasteiger partial charge is 0.469 e. The van der Waals surface area contributed by atoms with Crippen LogP contribution in [0.25, 0.3) is 0 Å². The Balaban J connectivity index is 2.50. The molecule has 0 aromatic carbocycles. The van der Waals surface area contributed by atoms with Crippen molar-refractivity contribution in [3.05, 3.63) is 17.8 Å². The number of anilines is 2. The lowest BCUT2D eigenvalue weighted by molar-refractivity contribution is -0.141. The van der Waals surface area contributed by atoms with Crippen LogP contribution in [-0.2, 0) is 14.3 Å². The molecule has 0 bridgehead atoms. The first-order chi connectivity index (χ1) is 8.02. The van der Waals surface area contributed by atoms with E-state index < -0.39 is 5.97 Å². The van der Waals surface area contributed by atoms with Gasteiger partial charge in [0.05, 0.1) is 24.9 Å². The summed E-state index contributed by atoms with van der Waals surface area (Å²) in [6.45, 7) is 1.75. The third kappa shape index (κ3) is 4.10. The maximum absolute atomic E-state index is 11.4. The van der Waals surface area contributed by atoms with E-state index in [1.807, 2.05) is 0 Å². The number of esters is 1. The summed E-state index contributed by atoms with van der Waals surface area (Å²) in [5, 5.41) is 2.58. The number of nitrogen functional groups attached to an aromatic ring is 1. The van der Waals surface area contributed by atoms with Gasteiger partial charge in [-0.3, -0.25) is 9.59 Å². The lowest BCUT2D eigenvalue weighted by Gasteiger charge is -2.06. The van der Waals surface area contributed by atoms with Gasteiger partial charge in [-0.15, -0.1) is 0 Å². The van der Waals surface area contributed by atoms with Gasteiger partial charge in [0.1, 0.15) is 5.82 Å². The van der Waals surface area contributed by atoms with Crippen molar-refractivity contribution in [2.75, 3.05) is 18.2 Å². The van der Waals surface area contributed by atoms with E-state index in [1.54, 1.807) is 19.1 Å². The molecule has 17 heavy (non-hydrogen) atoms. The molecule has 0 radical (unpaired) electrons. The summed E-state index contributed by atoms with van der Waals surface area (Å²) in [4.78, 5) is 26.4. The van der Waals surface area contributed by atoms with E-state index in [9.17, 15) is 9.59 Å². The number of pyridine rings is 1. The van der Waals surface area contributed by atoms with Gasteiger partial charge in [-0.25, -0.2) is 4.98 Å². The van der Waals surface area contributed by atoms with Crippen LogP contribution in [0.15, 0.2) is 12.1 Å². The fourth-order valence-corrected chi connectivity index (χ4v) is 1.16. The van der Waals surface area contributed by atoms with E-state index in [0.717, 1.165) is 0 Å². The molecular weight excluding hydrogens is 222 g/mol. The minimum absolute atomic E-state index is 0.0519. The summed E-state index contributed by atoms with van der Waals surface area (Å²) in [5.41, 5.74) is 6.82. The smallest absolute Gasteiger partial charge is 0.306 e. The molecule has 1 aromatic rings. The van der Waals surface area contributed by atoms with E-state index in [0.29, 0.717) is 17.2 Å². The molecule has 0 unspecified atom stereocenters. The topological polar surface area (TPSA) is 94.3 Å². The van der Waals surface area contributed by atoms with Crippen LogP contribution in [0.4, 0.5) is 11.5 Å². The summed E-state index contributed by atoms with van der Waals surface area (Å²) in [5.74, 6) is -0.278.